The summed E-state index contributed by atoms with van der Waals surface area (Å²) < 4.78 is 2.22. The first kappa shape index (κ1) is 13.4. The van der Waals surface area contributed by atoms with Crippen molar-refractivity contribution in [1.82, 2.24) is 9.55 Å². The fourth-order valence-corrected chi connectivity index (χ4v) is 2.44. The highest BCUT2D eigenvalue weighted by molar-refractivity contribution is 7.98. The Morgan fingerprint density at radius 1 is 1.50 bits per heavy atom. The summed E-state index contributed by atoms with van der Waals surface area (Å²) in [6.45, 7) is 7.50. The fraction of sp³-hybridized carbons (Fsp3) is 0.750. The molecule has 0 fully saturated rings. The summed E-state index contributed by atoms with van der Waals surface area (Å²) >= 11 is 1.88. The lowest BCUT2D eigenvalue weighted by Crippen LogP contribution is -2.23. The summed E-state index contributed by atoms with van der Waals surface area (Å²) in [5.41, 5.74) is 1.09. The molecule has 0 saturated carbocycles. The van der Waals surface area contributed by atoms with Crippen LogP contribution in [-0.4, -0.2) is 27.6 Å². The van der Waals surface area contributed by atoms with E-state index in [0.29, 0.717) is 6.04 Å². The zero-order chi connectivity index (χ0) is 12.0. The van der Waals surface area contributed by atoms with Crippen LogP contribution in [0.5, 0.6) is 0 Å². The SMILES string of the molecule is CCCn1cc(C)nc1NC(CC)CSC. The molecular formula is C12H23N3S. The molecule has 0 amide bonds. The lowest BCUT2D eigenvalue weighted by Gasteiger charge is -2.17. The molecule has 0 saturated heterocycles. The first-order chi connectivity index (χ1) is 7.71. The molecule has 3 nitrogen and oxygen atoms in total. The molecule has 1 N–H and O–H groups in total. The van der Waals surface area contributed by atoms with Crippen molar-refractivity contribution in [3.05, 3.63) is 11.9 Å². The number of imidazole rings is 1. The first-order valence-electron chi connectivity index (χ1n) is 6.00. The van der Waals surface area contributed by atoms with E-state index >= 15 is 0 Å². The molecule has 92 valence electrons. The molecule has 1 unspecified atom stereocenters. The van der Waals surface area contributed by atoms with Gasteiger partial charge in [-0.05, 0) is 26.0 Å². The van der Waals surface area contributed by atoms with Crippen molar-refractivity contribution >= 4 is 17.7 Å². The zero-order valence-electron chi connectivity index (χ0n) is 10.8. The molecule has 16 heavy (non-hydrogen) atoms. The predicted molar refractivity (Wildman–Crippen MR) is 73.3 cm³/mol. The van der Waals surface area contributed by atoms with Gasteiger partial charge in [0.1, 0.15) is 0 Å². The molecule has 1 atom stereocenters. The van der Waals surface area contributed by atoms with Crippen molar-refractivity contribution < 1.29 is 0 Å². The molecule has 0 radical (unpaired) electrons. The Kier molecular flexibility index (Phi) is 5.74. The van der Waals surface area contributed by atoms with Crippen LogP contribution in [0.4, 0.5) is 5.95 Å². The number of hydrogen-bond donors (Lipinski definition) is 1. The maximum absolute atomic E-state index is 4.54. The van der Waals surface area contributed by atoms with Crippen molar-refractivity contribution in [3.8, 4) is 0 Å². The molecule has 0 aliphatic rings. The van der Waals surface area contributed by atoms with E-state index in [-0.39, 0.29) is 0 Å². The third-order valence-electron chi connectivity index (χ3n) is 2.56. The maximum Gasteiger partial charge on any atom is 0.203 e. The minimum absolute atomic E-state index is 0.521. The molecule has 1 rings (SSSR count). The maximum atomic E-state index is 4.54. The van der Waals surface area contributed by atoms with E-state index in [0.717, 1.165) is 36.8 Å². The van der Waals surface area contributed by atoms with Crippen LogP contribution in [0.25, 0.3) is 0 Å². The van der Waals surface area contributed by atoms with E-state index in [2.05, 4.69) is 41.2 Å². The average molecular weight is 241 g/mol. The van der Waals surface area contributed by atoms with Crippen LogP contribution in [0.1, 0.15) is 32.4 Å². The van der Waals surface area contributed by atoms with Gasteiger partial charge >= 0.3 is 0 Å². The molecule has 1 heterocycles. The van der Waals surface area contributed by atoms with Crippen LogP contribution in [-0.2, 0) is 6.54 Å². The van der Waals surface area contributed by atoms with Crippen molar-refractivity contribution in [2.75, 3.05) is 17.3 Å². The van der Waals surface area contributed by atoms with Gasteiger partial charge in [-0.1, -0.05) is 13.8 Å². The summed E-state index contributed by atoms with van der Waals surface area (Å²) in [4.78, 5) is 4.54. The summed E-state index contributed by atoms with van der Waals surface area (Å²) in [5.74, 6) is 2.16. The molecule has 0 spiro atoms. The first-order valence-corrected chi connectivity index (χ1v) is 7.39. The normalized spacial score (nSPS) is 12.8. The van der Waals surface area contributed by atoms with Gasteiger partial charge in [-0.25, -0.2) is 4.98 Å². The Balaban J connectivity index is 2.69. The molecule has 4 heteroatoms. The zero-order valence-corrected chi connectivity index (χ0v) is 11.6. The van der Waals surface area contributed by atoms with Crippen LogP contribution >= 0.6 is 11.8 Å². The van der Waals surface area contributed by atoms with Crippen molar-refractivity contribution in [3.63, 3.8) is 0 Å². The van der Waals surface area contributed by atoms with Crippen LogP contribution in [0.3, 0.4) is 0 Å². The van der Waals surface area contributed by atoms with E-state index in [1.807, 2.05) is 18.7 Å². The Morgan fingerprint density at radius 2 is 2.25 bits per heavy atom. The number of aromatic nitrogens is 2. The van der Waals surface area contributed by atoms with Crippen molar-refractivity contribution in [2.24, 2.45) is 0 Å². The van der Waals surface area contributed by atoms with Gasteiger partial charge < -0.3 is 9.88 Å². The monoisotopic (exact) mass is 241 g/mol. The van der Waals surface area contributed by atoms with Gasteiger partial charge in [0.2, 0.25) is 5.95 Å². The Morgan fingerprint density at radius 3 is 2.81 bits per heavy atom. The van der Waals surface area contributed by atoms with Crippen LogP contribution in [0.2, 0.25) is 0 Å². The molecule has 1 aromatic rings. The van der Waals surface area contributed by atoms with Gasteiger partial charge in [-0.15, -0.1) is 0 Å². The number of thioether (sulfide) groups is 1. The Bertz CT molecular complexity index is 309. The highest BCUT2D eigenvalue weighted by atomic mass is 32.2. The van der Waals surface area contributed by atoms with Crippen LogP contribution < -0.4 is 5.32 Å². The van der Waals surface area contributed by atoms with Crippen LogP contribution in [0, 0.1) is 6.92 Å². The number of aryl methyl sites for hydroxylation is 2. The van der Waals surface area contributed by atoms with Gasteiger partial charge in [-0.3, -0.25) is 0 Å². The Labute approximate surface area is 103 Å². The second-order valence-corrected chi connectivity index (χ2v) is 5.01. The van der Waals surface area contributed by atoms with Crippen LogP contribution in [0.15, 0.2) is 6.20 Å². The molecular weight excluding hydrogens is 218 g/mol. The van der Waals surface area contributed by atoms with E-state index in [4.69, 9.17) is 0 Å². The van der Waals surface area contributed by atoms with E-state index in [1.54, 1.807) is 0 Å². The van der Waals surface area contributed by atoms with Gasteiger partial charge in [0, 0.05) is 24.5 Å². The smallest absolute Gasteiger partial charge is 0.203 e. The summed E-state index contributed by atoms with van der Waals surface area (Å²) in [6.07, 6.45) is 6.55. The van der Waals surface area contributed by atoms with Gasteiger partial charge in [0.25, 0.3) is 0 Å². The minimum atomic E-state index is 0.521. The van der Waals surface area contributed by atoms with E-state index in [1.165, 1.54) is 0 Å². The van der Waals surface area contributed by atoms with E-state index in [9.17, 15) is 0 Å². The second-order valence-electron chi connectivity index (χ2n) is 4.10. The third kappa shape index (κ3) is 3.74. The van der Waals surface area contributed by atoms with Crippen molar-refractivity contribution in [1.29, 1.82) is 0 Å². The standard InChI is InChI=1S/C12H23N3S/c1-5-7-15-8-10(3)13-12(15)14-11(6-2)9-16-4/h8,11H,5-7,9H2,1-4H3,(H,13,14). The number of anilines is 1. The number of hydrogen-bond acceptors (Lipinski definition) is 3. The lowest BCUT2D eigenvalue weighted by molar-refractivity contribution is 0.666. The fourth-order valence-electron chi connectivity index (χ4n) is 1.72. The highest BCUT2D eigenvalue weighted by Crippen LogP contribution is 2.13. The molecule has 1 aromatic heterocycles. The number of nitrogens with one attached hydrogen (secondary N) is 1. The molecule has 0 aliphatic heterocycles. The average Bonchev–Trinajstić information content (AvgIpc) is 2.59. The number of rotatable bonds is 7. The van der Waals surface area contributed by atoms with E-state index < -0.39 is 0 Å². The Hall–Kier alpha value is -0.640. The van der Waals surface area contributed by atoms with Crippen molar-refractivity contribution in [2.45, 2.75) is 46.2 Å². The summed E-state index contributed by atoms with van der Waals surface area (Å²) in [6, 6.07) is 0.521. The lowest BCUT2D eigenvalue weighted by atomic mass is 10.3. The highest BCUT2D eigenvalue weighted by Gasteiger charge is 2.10. The van der Waals surface area contributed by atoms with Gasteiger partial charge in [0.05, 0.1) is 5.69 Å². The quantitative estimate of drug-likeness (QED) is 0.795. The molecule has 0 aromatic carbocycles. The second kappa shape index (κ2) is 6.84. The number of nitrogens with zero attached hydrogens (tertiary/aromatic N) is 2. The summed E-state index contributed by atoms with van der Waals surface area (Å²) in [5, 5.41) is 3.53. The molecule has 0 aliphatic carbocycles. The topological polar surface area (TPSA) is 29.9 Å². The third-order valence-corrected chi connectivity index (χ3v) is 3.29. The van der Waals surface area contributed by atoms with Gasteiger partial charge in [0.15, 0.2) is 0 Å². The minimum Gasteiger partial charge on any atom is -0.352 e. The predicted octanol–water partition coefficient (Wildman–Crippen LogP) is 3.16. The molecule has 0 bridgehead atoms. The van der Waals surface area contributed by atoms with Gasteiger partial charge in [-0.2, -0.15) is 11.8 Å². The largest absolute Gasteiger partial charge is 0.352 e. The summed E-state index contributed by atoms with van der Waals surface area (Å²) in [7, 11) is 0.